The number of carboxylic acids is 1. The van der Waals surface area contributed by atoms with Crippen molar-refractivity contribution in [3.63, 3.8) is 0 Å². The average Bonchev–Trinajstić information content (AvgIpc) is 2.35. The van der Waals surface area contributed by atoms with Crippen LogP contribution in [0.2, 0.25) is 0 Å². The van der Waals surface area contributed by atoms with E-state index in [-0.39, 0.29) is 0 Å². The van der Waals surface area contributed by atoms with Crippen LogP contribution in [0.3, 0.4) is 0 Å². The number of rotatable bonds is 4. The van der Waals surface area contributed by atoms with E-state index in [1.54, 1.807) is 0 Å². The van der Waals surface area contributed by atoms with Crippen LogP contribution in [0.5, 0.6) is 0 Å². The van der Waals surface area contributed by atoms with Crippen LogP contribution in [-0.4, -0.2) is 11.1 Å². The third-order valence-electron chi connectivity index (χ3n) is 6.52. The highest BCUT2D eigenvalue weighted by atomic mass is 16.4. The van der Waals surface area contributed by atoms with Gasteiger partial charge in [-0.1, -0.05) is 44.9 Å². The van der Waals surface area contributed by atoms with E-state index in [9.17, 15) is 4.79 Å². The minimum absolute atomic E-state index is 0.348. The van der Waals surface area contributed by atoms with Gasteiger partial charge in [-0.15, -0.1) is 0 Å². The fraction of sp³-hybridized carbons (Fsp3) is 0.750. The van der Waals surface area contributed by atoms with Gasteiger partial charge in [0.2, 0.25) is 0 Å². The van der Waals surface area contributed by atoms with Gasteiger partial charge in [-0.2, -0.15) is 0 Å². The molecule has 0 aliphatic heterocycles. The van der Waals surface area contributed by atoms with Crippen LogP contribution in [0.1, 0.15) is 72.6 Å². The van der Waals surface area contributed by atoms with Crippen LogP contribution in [0.15, 0.2) is 23.8 Å². The first-order valence-electron chi connectivity index (χ1n) is 8.74. The van der Waals surface area contributed by atoms with Crippen molar-refractivity contribution in [1.29, 1.82) is 0 Å². The molecule has 2 nitrogen and oxygen atoms in total. The number of aliphatic carboxylic acids is 1. The molecule has 2 heteroatoms. The first-order chi connectivity index (χ1) is 10.2. The number of fused-ring (bicyclic) bond motifs is 1. The summed E-state index contributed by atoms with van der Waals surface area (Å²) >= 11 is 0. The standard InChI is InChI=1S/C20H32O2/c1-14(13-18(21)22)7-9-16-15(2)8-10-17-19(3,4)11-6-12-20(16,17)5/h13,16-17H,2,6-12H2,1,3-5H3,(H,21,22)/b14-13+/t16-,17+,20+/m0/s1. The summed E-state index contributed by atoms with van der Waals surface area (Å²) in [4.78, 5) is 10.8. The Morgan fingerprint density at radius 2 is 2.05 bits per heavy atom. The Kier molecular flexibility index (Phi) is 4.89. The molecule has 0 heterocycles. The zero-order chi connectivity index (χ0) is 16.5. The molecule has 0 amide bonds. The smallest absolute Gasteiger partial charge is 0.328 e. The fourth-order valence-electron chi connectivity index (χ4n) is 5.46. The van der Waals surface area contributed by atoms with E-state index in [1.807, 2.05) is 6.92 Å². The lowest BCUT2D eigenvalue weighted by molar-refractivity contribution is -0.131. The zero-order valence-electron chi connectivity index (χ0n) is 14.7. The van der Waals surface area contributed by atoms with Crippen molar-refractivity contribution in [2.24, 2.45) is 22.7 Å². The quantitative estimate of drug-likeness (QED) is 0.542. The molecule has 2 aliphatic rings. The minimum Gasteiger partial charge on any atom is -0.478 e. The van der Waals surface area contributed by atoms with Gasteiger partial charge in [-0.05, 0) is 68.1 Å². The molecule has 22 heavy (non-hydrogen) atoms. The maximum Gasteiger partial charge on any atom is 0.328 e. The molecule has 0 unspecified atom stereocenters. The van der Waals surface area contributed by atoms with Crippen molar-refractivity contribution < 1.29 is 9.90 Å². The third-order valence-corrected chi connectivity index (χ3v) is 6.52. The van der Waals surface area contributed by atoms with Crippen LogP contribution >= 0.6 is 0 Å². The van der Waals surface area contributed by atoms with Gasteiger partial charge in [0.15, 0.2) is 0 Å². The summed E-state index contributed by atoms with van der Waals surface area (Å²) < 4.78 is 0. The molecule has 3 atom stereocenters. The van der Waals surface area contributed by atoms with E-state index >= 15 is 0 Å². The van der Waals surface area contributed by atoms with Gasteiger partial charge in [0.05, 0.1) is 0 Å². The van der Waals surface area contributed by atoms with Crippen LogP contribution < -0.4 is 0 Å². The van der Waals surface area contributed by atoms with Gasteiger partial charge in [0.1, 0.15) is 0 Å². The van der Waals surface area contributed by atoms with Crippen molar-refractivity contribution >= 4 is 5.97 Å². The summed E-state index contributed by atoms with van der Waals surface area (Å²) in [6, 6.07) is 0. The molecule has 1 N–H and O–H groups in total. The lowest BCUT2D eigenvalue weighted by Crippen LogP contribution is -2.49. The number of carboxylic acid groups (broad SMARTS) is 1. The molecule has 0 aromatic rings. The lowest BCUT2D eigenvalue weighted by Gasteiger charge is -2.58. The molecule has 2 aliphatic carbocycles. The number of hydrogen-bond acceptors (Lipinski definition) is 1. The van der Waals surface area contributed by atoms with Gasteiger partial charge < -0.3 is 5.11 Å². The molecule has 2 rings (SSSR count). The highest BCUT2D eigenvalue weighted by molar-refractivity contribution is 5.80. The Morgan fingerprint density at radius 3 is 2.68 bits per heavy atom. The van der Waals surface area contributed by atoms with Crippen LogP contribution in [0, 0.1) is 22.7 Å². The Hall–Kier alpha value is -1.05. The van der Waals surface area contributed by atoms with Gasteiger partial charge in [0, 0.05) is 6.08 Å². The first kappa shape index (κ1) is 17.3. The summed E-state index contributed by atoms with van der Waals surface area (Å²) in [5, 5.41) is 8.89. The summed E-state index contributed by atoms with van der Waals surface area (Å²) in [5.74, 6) is 0.485. The van der Waals surface area contributed by atoms with Crippen molar-refractivity contribution in [1.82, 2.24) is 0 Å². The predicted octanol–water partition coefficient (Wildman–Crippen LogP) is 5.60. The molecule has 124 valence electrons. The molecule has 0 saturated heterocycles. The molecule has 2 saturated carbocycles. The van der Waals surface area contributed by atoms with E-state index in [0.717, 1.165) is 30.8 Å². The minimum atomic E-state index is -0.831. The Morgan fingerprint density at radius 1 is 1.36 bits per heavy atom. The maximum atomic E-state index is 10.8. The zero-order valence-corrected chi connectivity index (χ0v) is 14.7. The van der Waals surface area contributed by atoms with Crippen LogP contribution in [-0.2, 0) is 4.79 Å². The number of allylic oxidation sites excluding steroid dienone is 2. The first-order valence-corrected chi connectivity index (χ1v) is 8.74. The number of carbonyl (C=O) groups is 1. The largest absolute Gasteiger partial charge is 0.478 e. The summed E-state index contributed by atoms with van der Waals surface area (Å²) in [6.45, 7) is 13.7. The van der Waals surface area contributed by atoms with Gasteiger partial charge in [-0.3, -0.25) is 0 Å². The van der Waals surface area contributed by atoms with Crippen molar-refractivity contribution in [3.8, 4) is 0 Å². The molecule has 2 fully saturated rings. The SMILES string of the molecule is C=C1CC[C@@H]2C(C)(C)CCC[C@]2(C)[C@H]1CC/C(C)=C/C(=O)O. The molecular formula is C20H32O2. The molecule has 0 aromatic carbocycles. The molecule has 0 spiro atoms. The van der Waals surface area contributed by atoms with Gasteiger partial charge in [0.25, 0.3) is 0 Å². The van der Waals surface area contributed by atoms with Gasteiger partial charge in [-0.25, -0.2) is 4.79 Å². The summed E-state index contributed by atoms with van der Waals surface area (Å²) in [6.07, 6.45) is 9.66. The van der Waals surface area contributed by atoms with E-state index in [2.05, 4.69) is 27.4 Å². The van der Waals surface area contributed by atoms with Gasteiger partial charge >= 0.3 is 5.97 Å². The maximum absolute atomic E-state index is 10.8. The Bertz CT molecular complexity index is 486. The molecule has 0 bridgehead atoms. The Balaban J connectivity index is 2.17. The summed E-state index contributed by atoms with van der Waals surface area (Å²) in [5.41, 5.74) is 3.15. The second-order valence-corrected chi connectivity index (χ2v) is 8.52. The normalized spacial score (nSPS) is 35.1. The average molecular weight is 304 g/mol. The highest BCUT2D eigenvalue weighted by Crippen LogP contribution is 2.61. The third kappa shape index (κ3) is 3.31. The molecular weight excluding hydrogens is 272 g/mol. The highest BCUT2D eigenvalue weighted by Gasteiger charge is 2.52. The predicted molar refractivity (Wildman–Crippen MR) is 91.7 cm³/mol. The van der Waals surface area contributed by atoms with Crippen molar-refractivity contribution in [2.45, 2.75) is 72.6 Å². The fourth-order valence-corrected chi connectivity index (χ4v) is 5.46. The topological polar surface area (TPSA) is 37.3 Å². The second-order valence-electron chi connectivity index (χ2n) is 8.52. The molecule has 0 aromatic heterocycles. The summed E-state index contributed by atoms with van der Waals surface area (Å²) in [7, 11) is 0. The lowest BCUT2D eigenvalue weighted by atomic mass is 9.47. The van der Waals surface area contributed by atoms with Crippen molar-refractivity contribution in [2.75, 3.05) is 0 Å². The Labute approximate surface area is 135 Å². The van der Waals surface area contributed by atoms with E-state index < -0.39 is 5.97 Å². The van der Waals surface area contributed by atoms with E-state index in [4.69, 9.17) is 5.11 Å². The van der Waals surface area contributed by atoms with Crippen LogP contribution in [0.4, 0.5) is 0 Å². The molecule has 0 radical (unpaired) electrons. The monoisotopic (exact) mass is 304 g/mol. The second kappa shape index (κ2) is 6.22. The van der Waals surface area contributed by atoms with Crippen LogP contribution in [0.25, 0.3) is 0 Å². The van der Waals surface area contributed by atoms with E-state index in [0.29, 0.717) is 16.7 Å². The number of hydrogen-bond donors (Lipinski definition) is 1. The van der Waals surface area contributed by atoms with E-state index in [1.165, 1.54) is 37.3 Å². The van der Waals surface area contributed by atoms with Crippen molar-refractivity contribution in [3.05, 3.63) is 23.8 Å².